The third kappa shape index (κ3) is 6.14. The Bertz CT molecular complexity index is 364. The van der Waals surface area contributed by atoms with Gasteiger partial charge in [-0.05, 0) is 17.4 Å². The summed E-state index contributed by atoms with van der Waals surface area (Å²) in [4.78, 5) is 12.1. The van der Waals surface area contributed by atoms with E-state index in [0.717, 1.165) is 36.9 Å². The van der Waals surface area contributed by atoms with Crippen molar-refractivity contribution in [1.82, 2.24) is 5.32 Å². The Hall–Kier alpha value is -0.910. The van der Waals surface area contributed by atoms with Gasteiger partial charge in [-0.25, -0.2) is 0 Å². The highest BCUT2D eigenvalue weighted by Crippen LogP contribution is 2.21. The Morgan fingerprint density at radius 3 is 2.94 bits per heavy atom. The quantitative estimate of drug-likeness (QED) is 0.713. The van der Waals surface area contributed by atoms with Crippen LogP contribution in [0.3, 0.4) is 0 Å². The van der Waals surface area contributed by atoms with Crippen LogP contribution < -0.4 is 10.6 Å². The number of hydrogen-bond donors (Lipinski definition) is 2. The van der Waals surface area contributed by atoms with Gasteiger partial charge in [-0.2, -0.15) is 0 Å². The van der Waals surface area contributed by atoms with Crippen LogP contribution in [0, 0.1) is 5.92 Å². The molecule has 1 aromatic heterocycles. The zero-order valence-electron chi connectivity index (χ0n) is 11.3. The SMILES string of the molecule is CC(=O)Nc1ccsc1CNCCOCC(C)C. The molecule has 18 heavy (non-hydrogen) atoms. The molecule has 0 aromatic carbocycles. The number of rotatable bonds is 8. The molecule has 5 heteroatoms. The van der Waals surface area contributed by atoms with Crippen molar-refractivity contribution >= 4 is 22.9 Å². The van der Waals surface area contributed by atoms with Crippen LogP contribution >= 0.6 is 11.3 Å². The molecule has 1 aromatic rings. The Labute approximate surface area is 113 Å². The first-order valence-corrected chi connectivity index (χ1v) is 7.10. The van der Waals surface area contributed by atoms with Crippen molar-refractivity contribution in [1.29, 1.82) is 0 Å². The molecule has 2 N–H and O–H groups in total. The summed E-state index contributed by atoms with van der Waals surface area (Å²) < 4.78 is 5.48. The second-order valence-electron chi connectivity index (χ2n) is 4.58. The number of thiophene rings is 1. The fourth-order valence-electron chi connectivity index (χ4n) is 1.44. The Balaban J connectivity index is 2.19. The molecule has 4 nitrogen and oxygen atoms in total. The van der Waals surface area contributed by atoms with E-state index >= 15 is 0 Å². The van der Waals surface area contributed by atoms with Gasteiger partial charge in [0, 0.05) is 31.5 Å². The zero-order valence-corrected chi connectivity index (χ0v) is 12.1. The molecule has 0 radical (unpaired) electrons. The van der Waals surface area contributed by atoms with Gasteiger partial charge in [0.2, 0.25) is 5.91 Å². The van der Waals surface area contributed by atoms with Gasteiger partial charge in [-0.1, -0.05) is 13.8 Å². The minimum absolute atomic E-state index is 0.0325. The standard InChI is InChI=1S/C13H22N2O2S/c1-10(2)9-17-6-5-14-8-13-12(4-7-18-13)15-11(3)16/h4,7,10,14H,5-6,8-9H2,1-3H3,(H,15,16). The van der Waals surface area contributed by atoms with E-state index in [0.29, 0.717) is 5.92 Å². The molecule has 0 fully saturated rings. The average molecular weight is 270 g/mol. The molecule has 0 aliphatic carbocycles. The number of anilines is 1. The number of ether oxygens (including phenoxy) is 1. The number of carbonyl (C=O) groups is 1. The van der Waals surface area contributed by atoms with E-state index in [2.05, 4.69) is 24.5 Å². The lowest BCUT2D eigenvalue weighted by Crippen LogP contribution is -2.20. The third-order valence-corrected chi connectivity index (χ3v) is 3.14. The van der Waals surface area contributed by atoms with Crippen LogP contribution in [0.2, 0.25) is 0 Å². The maximum absolute atomic E-state index is 11.0. The highest BCUT2D eigenvalue weighted by molar-refractivity contribution is 7.10. The first-order valence-electron chi connectivity index (χ1n) is 6.22. The maximum Gasteiger partial charge on any atom is 0.221 e. The van der Waals surface area contributed by atoms with E-state index in [1.807, 2.05) is 11.4 Å². The molecule has 102 valence electrons. The van der Waals surface area contributed by atoms with Crippen LogP contribution in [-0.2, 0) is 16.1 Å². The van der Waals surface area contributed by atoms with Gasteiger partial charge in [0.05, 0.1) is 12.3 Å². The van der Waals surface area contributed by atoms with Gasteiger partial charge in [0.15, 0.2) is 0 Å². The Kier molecular flexibility index (Phi) is 6.93. The van der Waals surface area contributed by atoms with Crippen LogP contribution in [0.4, 0.5) is 5.69 Å². The molecule has 1 heterocycles. The molecular formula is C13H22N2O2S. The van der Waals surface area contributed by atoms with Crippen LogP contribution in [-0.4, -0.2) is 25.7 Å². The predicted molar refractivity (Wildman–Crippen MR) is 76.0 cm³/mol. The summed E-state index contributed by atoms with van der Waals surface area (Å²) in [5.74, 6) is 0.545. The first-order chi connectivity index (χ1) is 8.59. The molecule has 0 spiro atoms. The lowest BCUT2D eigenvalue weighted by Gasteiger charge is -2.08. The van der Waals surface area contributed by atoms with Crippen LogP contribution in [0.5, 0.6) is 0 Å². The van der Waals surface area contributed by atoms with Gasteiger partial charge in [-0.15, -0.1) is 11.3 Å². The van der Waals surface area contributed by atoms with E-state index in [1.54, 1.807) is 11.3 Å². The van der Waals surface area contributed by atoms with Crippen LogP contribution in [0.15, 0.2) is 11.4 Å². The van der Waals surface area contributed by atoms with Crippen molar-refractivity contribution < 1.29 is 9.53 Å². The molecule has 1 amide bonds. The van der Waals surface area contributed by atoms with Crippen molar-refractivity contribution in [2.24, 2.45) is 5.92 Å². The molecule has 0 bridgehead atoms. The zero-order chi connectivity index (χ0) is 13.4. The minimum atomic E-state index is -0.0325. The molecule has 0 aliphatic heterocycles. The molecule has 0 saturated carbocycles. The largest absolute Gasteiger partial charge is 0.380 e. The highest BCUT2D eigenvalue weighted by atomic mass is 32.1. The van der Waals surface area contributed by atoms with Crippen LogP contribution in [0.25, 0.3) is 0 Å². The summed E-state index contributed by atoms with van der Waals surface area (Å²) in [6, 6.07) is 1.93. The summed E-state index contributed by atoms with van der Waals surface area (Å²) in [5, 5.41) is 8.11. The Morgan fingerprint density at radius 2 is 2.28 bits per heavy atom. The predicted octanol–water partition coefficient (Wildman–Crippen LogP) is 2.47. The van der Waals surface area contributed by atoms with E-state index in [-0.39, 0.29) is 5.91 Å². The van der Waals surface area contributed by atoms with Crippen molar-refractivity contribution in [3.63, 3.8) is 0 Å². The summed E-state index contributed by atoms with van der Waals surface area (Å²) >= 11 is 1.64. The van der Waals surface area contributed by atoms with Gasteiger partial charge < -0.3 is 15.4 Å². The summed E-state index contributed by atoms with van der Waals surface area (Å²) in [5.41, 5.74) is 0.906. The first kappa shape index (κ1) is 15.1. The molecule has 1 rings (SSSR count). The van der Waals surface area contributed by atoms with Crippen LogP contribution in [0.1, 0.15) is 25.6 Å². The van der Waals surface area contributed by atoms with E-state index < -0.39 is 0 Å². The summed E-state index contributed by atoms with van der Waals surface area (Å²) in [6.07, 6.45) is 0. The van der Waals surface area contributed by atoms with E-state index in [4.69, 9.17) is 4.74 Å². The Morgan fingerprint density at radius 1 is 1.50 bits per heavy atom. The van der Waals surface area contributed by atoms with Crippen molar-refractivity contribution in [2.75, 3.05) is 25.1 Å². The third-order valence-electron chi connectivity index (χ3n) is 2.22. The summed E-state index contributed by atoms with van der Waals surface area (Å²) in [6.45, 7) is 8.91. The molecular weight excluding hydrogens is 248 g/mol. The molecule has 0 saturated heterocycles. The second kappa shape index (κ2) is 8.24. The lowest BCUT2D eigenvalue weighted by atomic mass is 10.2. The molecule has 0 unspecified atom stereocenters. The highest BCUT2D eigenvalue weighted by Gasteiger charge is 2.04. The maximum atomic E-state index is 11.0. The number of nitrogens with one attached hydrogen (secondary N) is 2. The van der Waals surface area contributed by atoms with Crippen molar-refractivity contribution in [3.8, 4) is 0 Å². The van der Waals surface area contributed by atoms with E-state index in [9.17, 15) is 4.79 Å². The number of hydrogen-bond acceptors (Lipinski definition) is 4. The fourth-order valence-corrected chi connectivity index (χ4v) is 2.24. The van der Waals surface area contributed by atoms with Gasteiger partial charge in [0.1, 0.15) is 0 Å². The van der Waals surface area contributed by atoms with E-state index in [1.165, 1.54) is 6.92 Å². The van der Waals surface area contributed by atoms with Crippen molar-refractivity contribution in [2.45, 2.75) is 27.3 Å². The van der Waals surface area contributed by atoms with Gasteiger partial charge >= 0.3 is 0 Å². The average Bonchev–Trinajstić information content (AvgIpc) is 2.69. The van der Waals surface area contributed by atoms with Gasteiger partial charge in [-0.3, -0.25) is 4.79 Å². The molecule has 0 aliphatic rings. The topological polar surface area (TPSA) is 50.4 Å². The minimum Gasteiger partial charge on any atom is -0.380 e. The number of amides is 1. The fraction of sp³-hybridized carbons (Fsp3) is 0.615. The smallest absolute Gasteiger partial charge is 0.221 e. The second-order valence-corrected chi connectivity index (χ2v) is 5.58. The molecule has 0 atom stereocenters. The monoisotopic (exact) mass is 270 g/mol. The number of carbonyl (C=O) groups excluding carboxylic acids is 1. The normalized spacial score (nSPS) is 10.9. The summed E-state index contributed by atoms with van der Waals surface area (Å²) in [7, 11) is 0. The van der Waals surface area contributed by atoms with Crippen molar-refractivity contribution in [3.05, 3.63) is 16.3 Å². The lowest BCUT2D eigenvalue weighted by molar-refractivity contribution is -0.114. The van der Waals surface area contributed by atoms with Gasteiger partial charge in [0.25, 0.3) is 0 Å².